The zero-order chi connectivity index (χ0) is 7.23. The zero-order valence-electron chi connectivity index (χ0n) is 6.08. The highest BCUT2D eigenvalue weighted by molar-refractivity contribution is 8.12. The summed E-state index contributed by atoms with van der Waals surface area (Å²) in [7, 11) is 0. The third-order valence-electron chi connectivity index (χ3n) is 1.24. The first-order valence-corrected chi connectivity index (χ1v) is 4.37. The molecule has 0 saturated heterocycles. The van der Waals surface area contributed by atoms with Gasteiger partial charge in [0, 0.05) is 5.75 Å². The highest BCUT2D eigenvalue weighted by Crippen LogP contribution is 2.03. The third kappa shape index (κ3) is 2.87. The van der Waals surface area contributed by atoms with Crippen molar-refractivity contribution < 1.29 is 0 Å². The summed E-state index contributed by atoms with van der Waals surface area (Å²) in [4.78, 5) is 4.14. The van der Waals surface area contributed by atoms with E-state index in [0.29, 0.717) is 0 Å². The highest BCUT2D eigenvalue weighted by atomic mass is 32.2. The minimum atomic E-state index is 0.818. The van der Waals surface area contributed by atoms with E-state index in [0.717, 1.165) is 12.3 Å². The van der Waals surface area contributed by atoms with Gasteiger partial charge in [-0.25, -0.2) is 0 Å². The molecule has 1 aliphatic heterocycles. The van der Waals surface area contributed by atoms with Crippen molar-refractivity contribution in [1.82, 2.24) is 0 Å². The van der Waals surface area contributed by atoms with Crippen molar-refractivity contribution in [3.63, 3.8) is 0 Å². The zero-order valence-corrected chi connectivity index (χ0v) is 6.90. The molecule has 0 atom stereocenters. The average Bonchev–Trinajstić information content (AvgIpc) is 2.02. The average molecular weight is 153 g/mol. The predicted molar refractivity (Wildman–Crippen MR) is 48.7 cm³/mol. The minimum absolute atomic E-state index is 0.818. The van der Waals surface area contributed by atoms with Gasteiger partial charge >= 0.3 is 0 Å². The Balaban J connectivity index is 2.56. The Bertz CT molecular complexity index is 180. The molecule has 2 heteroatoms. The normalized spacial score (nSPS) is 30.7. The van der Waals surface area contributed by atoms with E-state index in [-0.39, 0.29) is 0 Å². The lowest BCUT2D eigenvalue weighted by Gasteiger charge is -1.87. The Morgan fingerprint density at radius 3 is 3.40 bits per heavy atom. The van der Waals surface area contributed by atoms with Crippen LogP contribution in [-0.2, 0) is 0 Å². The number of nitrogens with zero attached hydrogens (tertiary/aromatic N) is 1. The summed E-state index contributed by atoms with van der Waals surface area (Å²) < 4.78 is 0. The Morgan fingerprint density at radius 1 is 1.60 bits per heavy atom. The van der Waals surface area contributed by atoms with Gasteiger partial charge in [0.15, 0.2) is 0 Å². The summed E-state index contributed by atoms with van der Waals surface area (Å²) in [5.74, 6) is 1.04. The third-order valence-corrected chi connectivity index (χ3v) is 1.90. The highest BCUT2D eigenvalue weighted by Gasteiger charge is 1.84. The summed E-state index contributed by atoms with van der Waals surface area (Å²) in [5, 5.41) is 0. The lowest BCUT2D eigenvalue weighted by molar-refractivity contribution is 1.26. The topological polar surface area (TPSA) is 12.4 Å². The molecule has 0 amide bonds. The van der Waals surface area contributed by atoms with E-state index in [9.17, 15) is 0 Å². The molecule has 10 heavy (non-hydrogen) atoms. The fourth-order valence-electron chi connectivity index (χ4n) is 0.686. The number of allylic oxidation sites excluding steroid dienone is 2. The molecule has 0 radical (unpaired) electrons. The predicted octanol–water partition coefficient (Wildman–Crippen LogP) is 2.26. The maximum absolute atomic E-state index is 4.14. The molecule has 1 aliphatic rings. The Labute approximate surface area is 65.9 Å². The van der Waals surface area contributed by atoms with Crippen LogP contribution in [0.5, 0.6) is 0 Å². The van der Waals surface area contributed by atoms with Gasteiger partial charge in [-0.2, -0.15) is 0 Å². The van der Waals surface area contributed by atoms with Gasteiger partial charge in [0.2, 0.25) is 0 Å². The molecule has 1 rings (SSSR count). The monoisotopic (exact) mass is 153 g/mol. The molecule has 1 nitrogen and oxygen atoms in total. The Hall–Kier alpha value is -0.500. The van der Waals surface area contributed by atoms with Crippen LogP contribution < -0.4 is 0 Å². The van der Waals surface area contributed by atoms with Crippen LogP contribution in [0.25, 0.3) is 0 Å². The maximum atomic E-state index is 4.14. The second-order valence-electron chi connectivity index (χ2n) is 2.15. The van der Waals surface area contributed by atoms with E-state index >= 15 is 0 Å². The lowest BCUT2D eigenvalue weighted by Crippen LogP contribution is -1.72. The van der Waals surface area contributed by atoms with E-state index in [2.05, 4.69) is 30.1 Å². The number of hydrogen-bond acceptors (Lipinski definition) is 2. The SMILES string of the molecule is CC1=C/CS/C=N\C/C=C\1. The number of rotatable bonds is 0. The summed E-state index contributed by atoms with van der Waals surface area (Å²) >= 11 is 1.74. The first-order valence-electron chi connectivity index (χ1n) is 3.33. The first-order chi connectivity index (χ1) is 4.89. The fourth-order valence-corrected chi connectivity index (χ4v) is 1.32. The van der Waals surface area contributed by atoms with Gasteiger partial charge in [0.1, 0.15) is 0 Å². The molecule has 0 fully saturated rings. The van der Waals surface area contributed by atoms with Crippen molar-refractivity contribution in [1.29, 1.82) is 0 Å². The molecular formula is C8H11NS. The van der Waals surface area contributed by atoms with Crippen molar-refractivity contribution >= 4 is 17.3 Å². The second-order valence-corrected chi connectivity index (χ2v) is 3.03. The summed E-state index contributed by atoms with van der Waals surface area (Å²) in [5.41, 5.74) is 3.25. The fraction of sp³-hybridized carbons (Fsp3) is 0.375. The quantitative estimate of drug-likeness (QED) is 0.520. The van der Waals surface area contributed by atoms with E-state index in [4.69, 9.17) is 0 Å². The van der Waals surface area contributed by atoms with Crippen molar-refractivity contribution in [3.8, 4) is 0 Å². The van der Waals surface area contributed by atoms with Crippen molar-refractivity contribution in [2.24, 2.45) is 4.99 Å². The van der Waals surface area contributed by atoms with Crippen LogP contribution in [0, 0.1) is 0 Å². The van der Waals surface area contributed by atoms with Gasteiger partial charge in [0.05, 0.1) is 12.1 Å². The number of hydrogen-bond donors (Lipinski definition) is 0. The molecule has 0 saturated carbocycles. The van der Waals surface area contributed by atoms with Crippen molar-refractivity contribution in [3.05, 3.63) is 23.8 Å². The molecule has 0 spiro atoms. The summed E-state index contributed by atoms with van der Waals surface area (Å²) in [6.45, 7) is 2.93. The molecule has 0 unspecified atom stereocenters. The molecule has 0 aromatic rings. The molecule has 0 aliphatic carbocycles. The molecule has 0 N–H and O–H groups in total. The smallest absolute Gasteiger partial charge is 0.0579 e. The van der Waals surface area contributed by atoms with Crippen molar-refractivity contribution in [2.45, 2.75) is 6.92 Å². The van der Waals surface area contributed by atoms with Gasteiger partial charge < -0.3 is 0 Å². The van der Waals surface area contributed by atoms with Crippen LogP contribution >= 0.6 is 11.8 Å². The standard InChI is InChI=1S/C8H11NS/c1-8-3-2-5-9-7-10-6-4-8/h2-4,7H,5-6H2,1H3/b3-2-,8-4-,9-7-. The van der Waals surface area contributed by atoms with Gasteiger partial charge in [-0.1, -0.05) is 23.8 Å². The molecular weight excluding hydrogens is 142 g/mol. The first kappa shape index (κ1) is 7.61. The molecule has 0 aromatic carbocycles. The van der Waals surface area contributed by atoms with E-state index in [1.54, 1.807) is 11.8 Å². The van der Waals surface area contributed by atoms with Crippen LogP contribution in [-0.4, -0.2) is 17.8 Å². The van der Waals surface area contributed by atoms with Crippen LogP contribution in [0.2, 0.25) is 0 Å². The largest absolute Gasteiger partial charge is 0.282 e. The van der Waals surface area contributed by atoms with Crippen LogP contribution in [0.3, 0.4) is 0 Å². The van der Waals surface area contributed by atoms with Gasteiger partial charge in [-0.05, 0) is 6.92 Å². The molecule has 1 heterocycles. The van der Waals surface area contributed by atoms with Gasteiger partial charge in [0.25, 0.3) is 0 Å². The second kappa shape index (κ2) is 4.34. The maximum Gasteiger partial charge on any atom is 0.0579 e. The van der Waals surface area contributed by atoms with Crippen LogP contribution in [0.1, 0.15) is 6.92 Å². The molecule has 0 aromatic heterocycles. The Kier molecular flexibility index (Phi) is 3.30. The lowest BCUT2D eigenvalue weighted by atomic mass is 10.3. The van der Waals surface area contributed by atoms with E-state index in [1.807, 2.05) is 5.55 Å². The van der Waals surface area contributed by atoms with E-state index < -0.39 is 0 Å². The Morgan fingerprint density at radius 2 is 2.50 bits per heavy atom. The molecule has 0 bridgehead atoms. The van der Waals surface area contributed by atoms with Crippen LogP contribution in [0.4, 0.5) is 0 Å². The van der Waals surface area contributed by atoms with Gasteiger partial charge in [-0.15, -0.1) is 11.8 Å². The van der Waals surface area contributed by atoms with E-state index in [1.165, 1.54) is 5.57 Å². The summed E-state index contributed by atoms with van der Waals surface area (Å²) in [6.07, 6.45) is 6.40. The summed E-state index contributed by atoms with van der Waals surface area (Å²) in [6, 6.07) is 0. The number of aliphatic imine (C=N–C) groups is 1. The molecule has 54 valence electrons. The number of thioether (sulfide) groups is 1. The minimum Gasteiger partial charge on any atom is -0.282 e. The van der Waals surface area contributed by atoms with Crippen LogP contribution in [0.15, 0.2) is 28.8 Å². The van der Waals surface area contributed by atoms with Crippen molar-refractivity contribution in [2.75, 3.05) is 12.3 Å². The van der Waals surface area contributed by atoms with Gasteiger partial charge in [-0.3, -0.25) is 4.99 Å².